The highest BCUT2D eigenvalue weighted by molar-refractivity contribution is 7.10. The predicted octanol–water partition coefficient (Wildman–Crippen LogP) is 4.69. The fourth-order valence-electron chi connectivity index (χ4n) is 5.42. The van der Waals surface area contributed by atoms with E-state index < -0.39 is 0 Å². The van der Waals surface area contributed by atoms with E-state index in [1.54, 1.807) is 0 Å². The molecule has 0 saturated carbocycles. The second-order valence-electron chi connectivity index (χ2n) is 9.83. The molecule has 0 unspecified atom stereocenters. The molecule has 2 aromatic carbocycles. The molecule has 0 aliphatic carbocycles. The van der Waals surface area contributed by atoms with Crippen molar-refractivity contribution in [2.24, 2.45) is 0 Å². The van der Waals surface area contributed by atoms with Gasteiger partial charge >= 0.3 is 0 Å². The first-order valence-corrected chi connectivity index (χ1v) is 13.3. The van der Waals surface area contributed by atoms with Crippen molar-refractivity contribution in [3.05, 3.63) is 92.7 Å². The Labute approximate surface area is 212 Å². The maximum absolute atomic E-state index is 13.5. The Bertz CT molecular complexity index is 1220. The number of aryl methyl sites for hydroxylation is 2. The Morgan fingerprint density at radius 2 is 1.71 bits per heavy atom. The third kappa shape index (κ3) is 4.78. The fourth-order valence-corrected chi connectivity index (χ4v) is 6.32. The second kappa shape index (κ2) is 9.96. The number of thiophene rings is 1. The maximum Gasteiger partial charge on any atom is 0.254 e. The van der Waals surface area contributed by atoms with Crippen molar-refractivity contribution in [3.63, 3.8) is 0 Å². The molecule has 1 aromatic heterocycles. The monoisotopic (exact) mass is 487 g/mol. The van der Waals surface area contributed by atoms with Gasteiger partial charge in [0.15, 0.2) is 0 Å². The first-order valence-electron chi connectivity index (χ1n) is 12.4. The summed E-state index contributed by atoms with van der Waals surface area (Å²) in [5.74, 6) is 0.196. The Kier molecular flexibility index (Phi) is 6.76. The molecule has 0 spiro atoms. The van der Waals surface area contributed by atoms with Crippen molar-refractivity contribution in [2.75, 3.05) is 32.7 Å². The largest absolute Gasteiger partial charge is 0.338 e. The number of nitrogens with zero attached hydrogens (tertiary/aromatic N) is 3. The van der Waals surface area contributed by atoms with Crippen molar-refractivity contribution < 1.29 is 9.59 Å². The van der Waals surface area contributed by atoms with Crippen LogP contribution in [-0.2, 0) is 11.2 Å². The van der Waals surface area contributed by atoms with Crippen molar-refractivity contribution in [1.29, 1.82) is 0 Å². The number of amides is 2. The molecular weight excluding hydrogens is 454 g/mol. The van der Waals surface area contributed by atoms with Crippen molar-refractivity contribution >= 4 is 23.2 Å². The van der Waals surface area contributed by atoms with E-state index in [0.29, 0.717) is 31.7 Å². The third-order valence-electron chi connectivity index (χ3n) is 7.43. The maximum atomic E-state index is 13.5. The Hall–Kier alpha value is -2.96. The molecule has 6 heteroatoms. The lowest BCUT2D eigenvalue weighted by Gasteiger charge is -2.42. The molecule has 182 valence electrons. The number of rotatable bonds is 4. The van der Waals surface area contributed by atoms with Crippen LogP contribution in [-0.4, -0.2) is 65.3 Å². The smallest absolute Gasteiger partial charge is 0.254 e. The summed E-state index contributed by atoms with van der Waals surface area (Å²) in [5, 5.41) is 2.17. The summed E-state index contributed by atoms with van der Waals surface area (Å²) in [4.78, 5) is 34.2. The molecule has 0 bridgehead atoms. The van der Waals surface area contributed by atoms with Gasteiger partial charge in [0.25, 0.3) is 5.91 Å². The zero-order chi connectivity index (χ0) is 24.5. The predicted molar refractivity (Wildman–Crippen MR) is 141 cm³/mol. The number of hydrogen-bond donors (Lipinski definition) is 0. The minimum Gasteiger partial charge on any atom is -0.338 e. The van der Waals surface area contributed by atoms with Gasteiger partial charge in [0.1, 0.15) is 0 Å². The number of piperazine rings is 1. The van der Waals surface area contributed by atoms with Gasteiger partial charge in [0.05, 0.1) is 12.6 Å². The standard InChI is InChI=1S/C29H33N3O2S/c1-20-8-10-23(11-9-20)29(34)32-16-15-30(18-22(32)3)27(33)19-31-14-12-26-25(13-17-35-26)28(31)24-7-5-4-6-21(24)2/h4-11,13,17,22,28H,12,14-16,18-19H2,1-3H3/t22-,28-/m1/s1. The summed E-state index contributed by atoms with van der Waals surface area (Å²) in [6.07, 6.45) is 0.984. The molecule has 0 radical (unpaired) electrons. The van der Waals surface area contributed by atoms with E-state index >= 15 is 0 Å². The molecule has 1 saturated heterocycles. The third-order valence-corrected chi connectivity index (χ3v) is 8.42. The van der Waals surface area contributed by atoms with Crippen LogP contribution in [0.3, 0.4) is 0 Å². The van der Waals surface area contributed by atoms with Crippen molar-refractivity contribution in [1.82, 2.24) is 14.7 Å². The number of fused-ring (bicyclic) bond motifs is 1. The van der Waals surface area contributed by atoms with E-state index in [9.17, 15) is 9.59 Å². The lowest BCUT2D eigenvalue weighted by molar-refractivity contribution is -0.135. The first-order chi connectivity index (χ1) is 16.9. The lowest BCUT2D eigenvalue weighted by Crippen LogP contribution is -2.57. The molecule has 3 aromatic rings. The summed E-state index contributed by atoms with van der Waals surface area (Å²) in [6, 6.07) is 18.6. The van der Waals surface area contributed by atoms with E-state index in [0.717, 1.165) is 18.5 Å². The highest BCUT2D eigenvalue weighted by Crippen LogP contribution is 2.38. The highest BCUT2D eigenvalue weighted by Gasteiger charge is 2.35. The summed E-state index contributed by atoms with van der Waals surface area (Å²) in [5.41, 5.74) is 5.72. The van der Waals surface area contributed by atoms with E-state index in [1.807, 2.05) is 59.2 Å². The minimum absolute atomic E-state index is 0.0153. The minimum atomic E-state index is -0.0153. The van der Waals surface area contributed by atoms with Gasteiger partial charge < -0.3 is 9.80 Å². The summed E-state index contributed by atoms with van der Waals surface area (Å²) >= 11 is 1.82. The fraction of sp³-hybridized carbons (Fsp3) is 0.379. The highest BCUT2D eigenvalue weighted by atomic mass is 32.1. The van der Waals surface area contributed by atoms with Gasteiger partial charge in [0, 0.05) is 42.7 Å². The van der Waals surface area contributed by atoms with Crippen LogP contribution in [0.5, 0.6) is 0 Å². The molecule has 2 atom stereocenters. The zero-order valence-corrected chi connectivity index (χ0v) is 21.6. The van der Waals surface area contributed by atoms with E-state index in [2.05, 4.69) is 47.5 Å². The van der Waals surface area contributed by atoms with Gasteiger partial charge in [-0.25, -0.2) is 0 Å². The molecule has 2 amide bonds. The molecule has 5 nitrogen and oxygen atoms in total. The quantitative estimate of drug-likeness (QED) is 0.537. The van der Waals surface area contributed by atoms with Crippen molar-refractivity contribution in [3.8, 4) is 0 Å². The number of carbonyl (C=O) groups is 2. The van der Waals surface area contributed by atoms with E-state index in [-0.39, 0.29) is 23.9 Å². The normalized spacial score (nSPS) is 20.5. The Morgan fingerprint density at radius 3 is 2.46 bits per heavy atom. The van der Waals surface area contributed by atoms with Gasteiger partial charge in [0.2, 0.25) is 5.91 Å². The first kappa shape index (κ1) is 23.8. The van der Waals surface area contributed by atoms with Crippen LogP contribution in [0.25, 0.3) is 0 Å². The molecular formula is C29H33N3O2S. The zero-order valence-electron chi connectivity index (χ0n) is 20.7. The molecule has 3 heterocycles. The van der Waals surface area contributed by atoms with Crippen LogP contribution in [0.15, 0.2) is 60.0 Å². The van der Waals surface area contributed by atoms with Crippen LogP contribution >= 0.6 is 11.3 Å². The van der Waals surface area contributed by atoms with E-state index in [4.69, 9.17) is 0 Å². The molecule has 5 rings (SSSR count). The SMILES string of the molecule is Cc1ccc(C(=O)N2CCN(C(=O)CN3CCc4sccc4[C@H]3c3ccccc3C)C[C@H]2C)cc1. The second-order valence-corrected chi connectivity index (χ2v) is 10.8. The van der Waals surface area contributed by atoms with E-state index in [1.165, 1.54) is 21.6 Å². The summed E-state index contributed by atoms with van der Waals surface area (Å²) in [7, 11) is 0. The van der Waals surface area contributed by atoms with Crippen LogP contribution in [0.2, 0.25) is 0 Å². The van der Waals surface area contributed by atoms with Gasteiger partial charge in [-0.15, -0.1) is 11.3 Å². The number of benzene rings is 2. The van der Waals surface area contributed by atoms with Gasteiger partial charge in [-0.3, -0.25) is 14.5 Å². The molecule has 2 aliphatic rings. The molecule has 2 aliphatic heterocycles. The van der Waals surface area contributed by atoms with Crippen LogP contribution in [0.4, 0.5) is 0 Å². The molecule has 0 N–H and O–H groups in total. The van der Waals surface area contributed by atoms with Gasteiger partial charge in [-0.1, -0.05) is 42.0 Å². The van der Waals surface area contributed by atoms with Crippen LogP contribution < -0.4 is 0 Å². The number of hydrogen-bond acceptors (Lipinski definition) is 4. The summed E-state index contributed by atoms with van der Waals surface area (Å²) in [6.45, 7) is 9.20. The topological polar surface area (TPSA) is 43.9 Å². The molecule has 35 heavy (non-hydrogen) atoms. The van der Waals surface area contributed by atoms with Crippen LogP contribution in [0, 0.1) is 13.8 Å². The Morgan fingerprint density at radius 1 is 0.943 bits per heavy atom. The molecule has 1 fully saturated rings. The van der Waals surface area contributed by atoms with Crippen molar-refractivity contribution in [2.45, 2.75) is 39.3 Å². The summed E-state index contributed by atoms with van der Waals surface area (Å²) < 4.78 is 0. The van der Waals surface area contributed by atoms with Gasteiger partial charge in [-0.05, 0) is 67.5 Å². The average Bonchev–Trinajstić information content (AvgIpc) is 3.33. The lowest BCUT2D eigenvalue weighted by atomic mass is 9.90. The average molecular weight is 488 g/mol. The van der Waals surface area contributed by atoms with Gasteiger partial charge in [-0.2, -0.15) is 0 Å². The van der Waals surface area contributed by atoms with Crippen LogP contribution in [0.1, 0.15) is 50.5 Å². The Balaban J connectivity index is 1.28. The number of carbonyl (C=O) groups excluding carboxylic acids is 2.